The second-order valence-electron chi connectivity index (χ2n) is 10.4. The van der Waals surface area contributed by atoms with Crippen molar-refractivity contribution in [3.63, 3.8) is 0 Å². The van der Waals surface area contributed by atoms with Crippen molar-refractivity contribution in [1.29, 1.82) is 0 Å². The van der Waals surface area contributed by atoms with Gasteiger partial charge in [-0.25, -0.2) is 9.37 Å². The number of hydrogen-bond donors (Lipinski definition) is 3. The number of oxazole rings is 1. The van der Waals surface area contributed by atoms with Crippen LogP contribution in [0.3, 0.4) is 0 Å². The largest absolute Gasteiger partial charge is 0.424 e. The summed E-state index contributed by atoms with van der Waals surface area (Å²) in [4.78, 5) is 41.1. The van der Waals surface area contributed by atoms with Crippen molar-refractivity contribution in [3.05, 3.63) is 102 Å². The zero-order valence-electron chi connectivity index (χ0n) is 23.1. The van der Waals surface area contributed by atoms with E-state index in [1.807, 2.05) is 53.4 Å². The molecule has 2 amide bonds. The van der Waals surface area contributed by atoms with Gasteiger partial charge in [-0.1, -0.05) is 54.6 Å². The number of fused-ring (bicyclic) bond motifs is 1. The molecule has 214 valence electrons. The molecule has 1 saturated heterocycles. The van der Waals surface area contributed by atoms with Gasteiger partial charge in [0.05, 0.1) is 24.2 Å². The van der Waals surface area contributed by atoms with Crippen LogP contribution >= 0.6 is 0 Å². The van der Waals surface area contributed by atoms with Gasteiger partial charge in [-0.2, -0.15) is 4.98 Å². The lowest BCUT2D eigenvalue weighted by Crippen LogP contribution is -2.44. The van der Waals surface area contributed by atoms with E-state index in [-0.39, 0.29) is 30.2 Å². The van der Waals surface area contributed by atoms with E-state index >= 15 is 0 Å². The number of aromatic nitrogens is 3. The number of benzene rings is 3. The third-order valence-electron chi connectivity index (χ3n) is 7.56. The number of halogens is 1. The van der Waals surface area contributed by atoms with Crippen LogP contribution in [0, 0.1) is 5.82 Å². The monoisotopic (exact) mass is 566 g/mol. The maximum absolute atomic E-state index is 14.3. The van der Waals surface area contributed by atoms with E-state index in [2.05, 4.69) is 25.6 Å². The summed E-state index contributed by atoms with van der Waals surface area (Å²) in [6, 6.07) is 22.2. The molecule has 2 unspecified atom stereocenters. The topological polar surface area (TPSA) is 116 Å². The van der Waals surface area contributed by atoms with Crippen LogP contribution in [0.1, 0.15) is 49.7 Å². The van der Waals surface area contributed by atoms with E-state index in [0.717, 1.165) is 18.4 Å². The van der Waals surface area contributed by atoms with Gasteiger partial charge < -0.3 is 24.9 Å². The van der Waals surface area contributed by atoms with Crippen LogP contribution in [-0.2, 0) is 9.59 Å². The Kier molecular flexibility index (Phi) is 7.68. The summed E-state index contributed by atoms with van der Waals surface area (Å²) in [7, 11) is 0. The third kappa shape index (κ3) is 5.74. The average molecular weight is 567 g/mol. The Hall–Kier alpha value is -4.99. The molecular formula is C32H31FN6O3. The van der Waals surface area contributed by atoms with Crippen molar-refractivity contribution in [2.24, 2.45) is 0 Å². The summed E-state index contributed by atoms with van der Waals surface area (Å²) in [5.74, 6) is -0.490. The molecule has 6 rings (SSSR count). The predicted octanol–water partition coefficient (Wildman–Crippen LogP) is 5.77. The Morgan fingerprint density at radius 1 is 1.05 bits per heavy atom. The Morgan fingerprint density at radius 2 is 1.81 bits per heavy atom. The Balaban J connectivity index is 1.21. The number of nitrogens with one attached hydrogen (secondary N) is 3. The molecule has 0 radical (unpaired) electrons. The highest BCUT2D eigenvalue weighted by Gasteiger charge is 2.34. The van der Waals surface area contributed by atoms with Gasteiger partial charge in [-0.15, -0.1) is 0 Å². The highest BCUT2D eigenvalue weighted by molar-refractivity contribution is 5.91. The molecule has 1 aliphatic rings. The van der Waals surface area contributed by atoms with Crippen LogP contribution in [0.5, 0.6) is 0 Å². The lowest BCUT2D eigenvalue weighted by atomic mass is 10.0. The first-order chi connectivity index (χ1) is 20.5. The Morgan fingerprint density at radius 3 is 2.62 bits per heavy atom. The summed E-state index contributed by atoms with van der Waals surface area (Å²) in [5, 5.41) is 5.99. The fourth-order valence-corrected chi connectivity index (χ4v) is 5.42. The molecule has 9 nitrogen and oxygen atoms in total. The van der Waals surface area contributed by atoms with Gasteiger partial charge in [-0.05, 0) is 49.6 Å². The zero-order valence-corrected chi connectivity index (χ0v) is 23.1. The van der Waals surface area contributed by atoms with E-state index in [0.29, 0.717) is 34.7 Å². The van der Waals surface area contributed by atoms with E-state index in [4.69, 9.17) is 4.42 Å². The summed E-state index contributed by atoms with van der Waals surface area (Å²) >= 11 is 0. The smallest absolute Gasteiger partial charge is 0.296 e. The number of imidazole rings is 1. The number of rotatable bonds is 9. The molecule has 0 aliphatic carbocycles. The van der Waals surface area contributed by atoms with Crippen LogP contribution < -0.4 is 10.6 Å². The third-order valence-corrected chi connectivity index (χ3v) is 7.56. The van der Waals surface area contributed by atoms with Crippen molar-refractivity contribution in [3.8, 4) is 11.3 Å². The molecule has 2 aromatic heterocycles. The molecule has 3 N–H and O–H groups in total. The van der Waals surface area contributed by atoms with Gasteiger partial charge in [0.1, 0.15) is 23.2 Å². The normalized spacial score (nSPS) is 16.3. The SMILES string of the molecule is CC(NC(=O)C(CC(=O)N1CCC[C@@H]1c1ccccc1)Nc1nc2ccccc2o1)c1nc(-c2ccccc2F)c[nH]1. The number of nitrogens with zero attached hydrogens (tertiary/aromatic N) is 3. The molecule has 0 spiro atoms. The van der Waals surface area contributed by atoms with Crippen molar-refractivity contribution in [1.82, 2.24) is 25.2 Å². The first-order valence-corrected chi connectivity index (χ1v) is 14.0. The lowest BCUT2D eigenvalue weighted by molar-refractivity contribution is -0.135. The van der Waals surface area contributed by atoms with Gasteiger partial charge in [0.15, 0.2) is 5.58 Å². The van der Waals surface area contributed by atoms with Gasteiger partial charge in [0.2, 0.25) is 11.8 Å². The van der Waals surface area contributed by atoms with Crippen LogP contribution in [-0.4, -0.2) is 44.3 Å². The standard InChI is InChI=1S/C32H31FN6O3/c1-20(30-34-19-26(36-30)22-12-5-6-13-23(22)33)35-31(41)25(38-32-37-24-14-7-8-16-28(24)42-32)18-29(40)39-17-9-15-27(39)21-10-3-2-4-11-21/h2-8,10-14,16,19-20,25,27H,9,15,17-18H2,1H3,(H,34,36)(H,35,41)(H,37,38)/t20?,25?,27-/m1/s1. The van der Waals surface area contributed by atoms with Crippen LogP contribution in [0.2, 0.25) is 0 Å². The molecule has 3 atom stereocenters. The number of aromatic amines is 1. The number of amides is 2. The second kappa shape index (κ2) is 11.9. The highest BCUT2D eigenvalue weighted by Crippen LogP contribution is 2.33. The molecule has 3 aromatic carbocycles. The molecule has 0 bridgehead atoms. The van der Waals surface area contributed by atoms with Gasteiger partial charge in [0.25, 0.3) is 6.01 Å². The number of anilines is 1. The number of carbonyl (C=O) groups is 2. The summed E-state index contributed by atoms with van der Waals surface area (Å²) in [5.41, 5.74) is 3.07. The van der Waals surface area contributed by atoms with E-state index < -0.39 is 18.0 Å². The highest BCUT2D eigenvalue weighted by atomic mass is 19.1. The van der Waals surface area contributed by atoms with Crippen LogP contribution in [0.4, 0.5) is 10.4 Å². The Labute approximate surface area is 242 Å². The minimum Gasteiger partial charge on any atom is -0.424 e. The molecule has 1 fully saturated rings. The maximum atomic E-state index is 14.3. The van der Waals surface area contributed by atoms with Crippen molar-refractivity contribution in [2.75, 3.05) is 11.9 Å². The van der Waals surface area contributed by atoms with E-state index in [1.54, 1.807) is 37.4 Å². The number of hydrogen-bond acceptors (Lipinski definition) is 6. The first-order valence-electron chi connectivity index (χ1n) is 14.0. The minimum absolute atomic E-state index is 0.0365. The summed E-state index contributed by atoms with van der Waals surface area (Å²) < 4.78 is 20.1. The number of H-pyrrole nitrogens is 1. The molecule has 5 aromatic rings. The zero-order chi connectivity index (χ0) is 29.1. The molecule has 42 heavy (non-hydrogen) atoms. The van der Waals surface area contributed by atoms with E-state index in [9.17, 15) is 14.0 Å². The van der Waals surface area contributed by atoms with Crippen molar-refractivity contribution in [2.45, 2.75) is 44.3 Å². The minimum atomic E-state index is -0.967. The molecule has 0 saturated carbocycles. The fourth-order valence-electron chi connectivity index (χ4n) is 5.42. The number of likely N-dealkylation sites (tertiary alicyclic amines) is 1. The second-order valence-corrected chi connectivity index (χ2v) is 10.4. The molecule has 3 heterocycles. The Bertz CT molecular complexity index is 1670. The van der Waals surface area contributed by atoms with Crippen molar-refractivity contribution < 1.29 is 18.4 Å². The molecular weight excluding hydrogens is 535 g/mol. The van der Waals surface area contributed by atoms with Crippen LogP contribution in [0.25, 0.3) is 22.4 Å². The summed E-state index contributed by atoms with van der Waals surface area (Å²) in [6.45, 7) is 2.39. The fraction of sp³-hybridized carbons (Fsp3) is 0.250. The first kappa shape index (κ1) is 27.2. The van der Waals surface area contributed by atoms with Crippen molar-refractivity contribution >= 4 is 28.9 Å². The number of carbonyl (C=O) groups excluding carboxylic acids is 2. The predicted molar refractivity (Wildman–Crippen MR) is 157 cm³/mol. The van der Waals surface area contributed by atoms with Gasteiger partial charge in [0, 0.05) is 18.3 Å². The summed E-state index contributed by atoms with van der Waals surface area (Å²) in [6.07, 6.45) is 3.26. The van der Waals surface area contributed by atoms with Crippen LogP contribution in [0.15, 0.2) is 89.5 Å². The molecule has 1 aliphatic heterocycles. The average Bonchev–Trinajstić information content (AvgIpc) is 3.77. The molecule has 10 heteroatoms. The lowest BCUT2D eigenvalue weighted by Gasteiger charge is -2.27. The van der Waals surface area contributed by atoms with Gasteiger partial charge >= 0.3 is 0 Å². The quantitative estimate of drug-likeness (QED) is 0.209. The van der Waals surface area contributed by atoms with Gasteiger partial charge in [-0.3, -0.25) is 9.59 Å². The number of para-hydroxylation sites is 2. The maximum Gasteiger partial charge on any atom is 0.296 e. The van der Waals surface area contributed by atoms with E-state index in [1.165, 1.54) is 6.07 Å².